The van der Waals surface area contributed by atoms with Crippen LogP contribution in [0, 0.1) is 18.8 Å². The molecule has 1 amide bonds. The summed E-state index contributed by atoms with van der Waals surface area (Å²) >= 11 is 0. The first kappa shape index (κ1) is 14.8. The summed E-state index contributed by atoms with van der Waals surface area (Å²) in [6.07, 6.45) is 6.73. The molecule has 0 aliphatic carbocycles. The summed E-state index contributed by atoms with van der Waals surface area (Å²) in [7, 11) is 0. The van der Waals surface area contributed by atoms with Crippen LogP contribution in [0.5, 0.6) is 0 Å². The van der Waals surface area contributed by atoms with Crippen molar-refractivity contribution in [2.45, 2.75) is 13.5 Å². The number of hydrogen-bond donors (Lipinski definition) is 2. The zero-order valence-corrected chi connectivity index (χ0v) is 11.7. The Labute approximate surface area is 122 Å². The monoisotopic (exact) mass is 284 g/mol. The minimum Gasteiger partial charge on any atom is -0.384 e. The molecule has 0 atom stereocenters. The van der Waals surface area contributed by atoms with Crippen LogP contribution in [0.3, 0.4) is 0 Å². The van der Waals surface area contributed by atoms with Crippen molar-refractivity contribution in [2.24, 2.45) is 0 Å². The summed E-state index contributed by atoms with van der Waals surface area (Å²) in [5, 5.41) is 15.7. The van der Waals surface area contributed by atoms with Crippen LogP contribution in [0.4, 0.5) is 0 Å². The second kappa shape index (κ2) is 7.22. The van der Waals surface area contributed by atoms with Crippen molar-refractivity contribution in [3.8, 4) is 11.8 Å². The van der Waals surface area contributed by atoms with Gasteiger partial charge < -0.3 is 10.4 Å². The highest BCUT2D eigenvalue weighted by Crippen LogP contribution is 2.05. The molecule has 0 aromatic carbocycles. The summed E-state index contributed by atoms with van der Waals surface area (Å²) in [5.41, 5.74) is 2.03. The first-order valence-electron chi connectivity index (χ1n) is 6.51. The van der Waals surface area contributed by atoms with Crippen LogP contribution >= 0.6 is 0 Å². The van der Waals surface area contributed by atoms with Crippen molar-refractivity contribution in [1.82, 2.24) is 20.1 Å². The highest BCUT2D eigenvalue weighted by molar-refractivity contribution is 5.96. The molecule has 0 radical (unpaired) electrons. The number of aliphatic hydroxyl groups is 1. The van der Waals surface area contributed by atoms with E-state index in [1.165, 1.54) is 12.4 Å². The Morgan fingerprint density at radius 2 is 2.33 bits per heavy atom. The third kappa shape index (κ3) is 4.16. The van der Waals surface area contributed by atoms with E-state index in [-0.39, 0.29) is 12.5 Å². The number of nitrogens with one attached hydrogen (secondary N) is 1. The molecular weight excluding hydrogens is 268 g/mol. The molecule has 108 valence electrons. The number of carbonyl (C=O) groups excluding carboxylic acids is 1. The molecule has 2 N–H and O–H groups in total. The van der Waals surface area contributed by atoms with Crippen LogP contribution in [-0.4, -0.2) is 38.9 Å². The van der Waals surface area contributed by atoms with Gasteiger partial charge in [-0.1, -0.05) is 11.8 Å². The van der Waals surface area contributed by atoms with Gasteiger partial charge in [-0.15, -0.1) is 0 Å². The van der Waals surface area contributed by atoms with Gasteiger partial charge in [-0.05, 0) is 18.6 Å². The molecular formula is C15H16N4O2. The molecule has 0 bridgehead atoms. The van der Waals surface area contributed by atoms with Crippen LogP contribution in [0.1, 0.15) is 21.5 Å². The van der Waals surface area contributed by atoms with E-state index in [2.05, 4.69) is 27.2 Å². The maximum atomic E-state index is 12.1. The molecule has 2 rings (SSSR count). The van der Waals surface area contributed by atoms with Crippen molar-refractivity contribution in [2.75, 3.05) is 13.2 Å². The Morgan fingerprint density at radius 3 is 3.05 bits per heavy atom. The number of rotatable bonds is 4. The molecule has 0 saturated carbocycles. The lowest BCUT2D eigenvalue weighted by molar-refractivity contribution is 0.0951. The number of amides is 1. The lowest BCUT2D eigenvalue weighted by atomic mass is 10.1. The smallest absolute Gasteiger partial charge is 0.252 e. The quantitative estimate of drug-likeness (QED) is 0.795. The number of carbonyl (C=O) groups is 1. The molecule has 6 heteroatoms. The summed E-state index contributed by atoms with van der Waals surface area (Å²) in [4.78, 5) is 16.1. The molecule has 6 nitrogen and oxygen atoms in total. The van der Waals surface area contributed by atoms with Crippen LogP contribution < -0.4 is 5.32 Å². The van der Waals surface area contributed by atoms with Crippen molar-refractivity contribution < 1.29 is 9.90 Å². The molecule has 0 aliphatic rings. The third-order valence-corrected chi connectivity index (χ3v) is 2.76. The molecule has 2 aromatic heterocycles. The Hall–Kier alpha value is -2.65. The summed E-state index contributed by atoms with van der Waals surface area (Å²) in [5.74, 6) is 5.01. The van der Waals surface area contributed by atoms with Gasteiger partial charge in [-0.3, -0.25) is 14.5 Å². The Kier molecular flexibility index (Phi) is 5.07. The van der Waals surface area contributed by atoms with Gasteiger partial charge in [-0.25, -0.2) is 0 Å². The molecule has 0 spiro atoms. The second-order valence-electron chi connectivity index (χ2n) is 4.42. The van der Waals surface area contributed by atoms with Gasteiger partial charge in [0.05, 0.1) is 23.9 Å². The standard InChI is InChI=1S/C15H16N4O2/c1-12-9-18-19(11-12)7-6-17-15(21)14-4-5-16-10-13(14)3-2-8-20/h4-5,9-11,20H,6-8H2,1H3,(H,17,21). The first-order valence-corrected chi connectivity index (χ1v) is 6.51. The molecule has 2 aromatic rings. The third-order valence-electron chi connectivity index (χ3n) is 2.76. The predicted molar refractivity (Wildman–Crippen MR) is 77.5 cm³/mol. The van der Waals surface area contributed by atoms with E-state index in [0.29, 0.717) is 24.2 Å². The zero-order valence-electron chi connectivity index (χ0n) is 11.7. The highest BCUT2D eigenvalue weighted by atomic mass is 16.2. The minimum absolute atomic E-state index is 0.219. The van der Waals surface area contributed by atoms with Gasteiger partial charge in [0, 0.05) is 25.1 Å². The largest absolute Gasteiger partial charge is 0.384 e. The van der Waals surface area contributed by atoms with Crippen LogP contribution in [0.15, 0.2) is 30.9 Å². The van der Waals surface area contributed by atoms with Gasteiger partial charge in [-0.2, -0.15) is 5.10 Å². The number of aromatic nitrogens is 3. The van der Waals surface area contributed by atoms with Crippen LogP contribution in [0.25, 0.3) is 0 Å². The summed E-state index contributed by atoms with van der Waals surface area (Å²) < 4.78 is 1.77. The van der Waals surface area contributed by atoms with Gasteiger partial charge in [0.1, 0.15) is 6.61 Å². The lowest BCUT2D eigenvalue weighted by Crippen LogP contribution is -2.28. The van der Waals surface area contributed by atoms with Gasteiger partial charge in [0.15, 0.2) is 0 Å². The number of pyridine rings is 1. The number of aryl methyl sites for hydroxylation is 1. The Balaban J connectivity index is 1.97. The van der Waals surface area contributed by atoms with E-state index < -0.39 is 0 Å². The molecule has 2 heterocycles. The fraction of sp³-hybridized carbons (Fsp3) is 0.267. The van der Waals surface area contributed by atoms with E-state index in [1.54, 1.807) is 16.9 Å². The summed E-state index contributed by atoms with van der Waals surface area (Å²) in [6.45, 7) is 2.78. The molecule has 21 heavy (non-hydrogen) atoms. The van der Waals surface area contributed by atoms with Crippen LogP contribution in [0.2, 0.25) is 0 Å². The van der Waals surface area contributed by atoms with Crippen molar-refractivity contribution in [3.63, 3.8) is 0 Å². The maximum absolute atomic E-state index is 12.1. The Morgan fingerprint density at radius 1 is 1.48 bits per heavy atom. The van der Waals surface area contributed by atoms with E-state index in [0.717, 1.165) is 5.56 Å². The van der Waals surface area contributed by atoms with Gasteiger partial charge in [0.25, 0.3) is 5.91 Å². The normalized spacial score (nSPS) is 9.81. The number of hydrogen-bond acceptors (Lipinski definition) is 4. The lowest BCUT2D eigenvalue weighted by Gasteiger charge is -2.06. The van der Waals surface area contributed by atoms with E-state index >= 15 is 0 Å². The van der Waals surface area contributed by atoms with Crippen LogP contribution in [-0.2, 0) is 6.54 Å². The van der Waals surface area contributed by atoms with Crippen molar-refractivity contribution in [1.29, 1.82) is 0 Å². The minimum atomic E-state index is -0.255. The van der Waals surface area contributed by atoms with E-state index in [9.17, 15) is 4.79 Å². The predicted octanol–water partition coefficient (Wildman–Crippen LogP) is 0.360. The summed E-state index contributed by atoms with van der Waals surface area (Å²) in [6, 6.07) is 1.61. The molecule has 0 aliphatic heterocycles. The molecule has 0 unspecified atom stereocenters. The zero-order chi connectivity index (χ0) is 15.1. The Bertz CT molecular complexity index is 682. The highest BCUT2D eigenvalue weighted by Gasteiger charge is 2.09. The fourth-order valence-electron chi connectivity index (χ4n) is 1.80. The molecule has 0 fully saturated rings. The number of nitrogens with zero attached hydrogens (tertiary/aromatic N) is 3. The maximum Gasteiger partial charge on any atom is 0.252 e. The average Bonchev–Trinajstić information content (AvgIpc) is 2.91. The fourth-order valence-corrected chi connectivity index (χ4v) is 1.80. The topological polar surface area (TPSA) is 80.0 Å². The van der Waals surface area contributed by atoms with Crippen molar-refractivity contribution >= 4 is 5.91 Å². The number of aliphatic hydroxyl groups excluding tert-OH is 1. The molecule has 0 saturated heterocycles. The van der Waals surface area contributed by atoms with E-state index in [4.69, 9.17) is 5.11 Å². The average molecular weight is 284 g/mol. The van der Waals surface area contributed by atoms with Gasteiger partial charge in [0.2, 0.25) is 0 Å². The first-order chi connectivity index (χ1) is 10.2. The SMILES string of the molecule is Cc1cnn(CCNC(=O)c2ccncc2C#CCO)c1. The van der Waals surface area contributed by atoms with Crippen molar-refractivity contribution in [3.05, 3.63) is 47.5 Å². The van der Waals surface area contributed by atoms with E-state index in [1.807, 2.05) is 13.1 Å². The second-order valence-corrected chi connectivity index (χ2v) is 4.42. The van der Waals surface area contributed by atoms with Gasteiger partial charge >= 0.3 is 0 Å².